The molecule has 4 nitrogen and oxygen atoms in total. The number of carbonyl (C=O) groups excluding carboxylic acids is 1. The van der Waals surface area contributed by atoms with E-state index in [0.29, 0.717) is 11.7 Å². The number of primary amides is 1. The van der Waals surface area contributed by atoms with Gasteiger partial charge in [-0.2, -0.15) is 0 Å². The average molecular weight is 279 g/mol. The van der Waals surface area contributed by atoms with Gasteiger partial charge in [-0.3, -0.25) is 4.79 Å². The minimum absolute atomic E-state index is 0.210. The molecule has 1 heterocycles. The smallest absolute Gasteiger partial charge is 0.248 e. The SMILES string of the molecule is CCCN(CC1CCCN1)c1ccc(C(N)=O)cc1F. The maximum Gasteiger partial charge on any atom is 0.248 e. The fourth-order valence-corrected chi connectivity index (χ4v) is 2.68. The van der Waals surface area contributed by atoms with Crippen LogP contribution in [0, 0.1) is 5.82 Å². The van der Waals surface area contributed by atoms with Crippen LogP contribution in [0.2, 0.25) is 0 Å². The summed E-state index contributed by atoms with van der Waals surface area (Å²) in [7, 11) is 0. The third kappa shape index (κ3) is 3.48. The number of hydrogen-bond acceptors (Lipinski definition) is 3. The summed E-state index contributed by atoms with van der Waals surface area (Å²) in [5.41, 5.74) is 5.93. The van der Waals surface area contributed by atoms with E-state index >= 15 is 0 Å². The van der Waals surface area contributed by atoms with Crippen molar-refractivity contribution in [3.63, 3.8) is 0 Å². The van der Waals surface area contributed by atoms with Gasteiger partial charge in [0, 0.05) is 24.7 Å². The number of benzene rings is 1. The zero-order chi connectivity index (χ0) is 14.5. The molecule has 1 aliphatic rings. The first kappa shape index (κ1) is 14.8. The second kappa shape index (κ2) is 6.70. The van der Waals surface area contributed by atoms with Crippen LogP contribution >= 0.6 is 0 Å². The van der Waals surface area contributed by atoms with Crippen molar-refractivity contribution in [2.75, 3.05) is 24.5 Å². The molecule has 1 unspecified atom stereocenters. The molecule has 0 aromatic heterocycles. The van der Waals surface area contributed by atoms with Crippen LogP contribution < -0.4 is 16.0 Å². The van der Waals surface area contributed by atoms with Gasteiger partial charge in [-0.05, 0) is 44.0 Å². The Labute approximate surface area is 119 Å². The third-order valence-electron chi connectivity index (χ3n) is 3.67. The van der Waals surface area contributed by atoms with E-state index in [1.807, 2.05) is 4.90 Å². The molecule has 0 spiro atoms. The molecular weight excluding hydrogens is 257 g/mol. The fourth-order valence-electron chi connectivity index (χ4n) is 2.68. The second-order valence-electron chi connectivity index (χ2n) is 5.27. The van der Waals surface area contributed by atoms with E-state index in [4.69, 9.17) is 5.73 Å². The largest absolute Gasteiger partial charge is 0.368 e. The Balaban J connectivity index is 2.17. The first-order chi connectivity index (χ1) is 9.61. The van der Waals surface area contributed by atoms with Gasteiger partial charge in [0.2, 0.25) is 5.91 Å². The highest BCUT2D eigenvalue weighted by atomic mass is 19.1. The molecule has 2 rings (SSSR count). The van der Waals surface area contributed by atoms with E-state index in [0.717, 1.165) is 32.5 Å². The molecule has 0 radical (unpaired) electrons. The first-order valence-electron chi connectivity index (χ1n) is 7.19. The zero-order valence-electron chi connectivity index (χ0n) is 11.9. The first-order valence-corrected chi connectivity index (χ1v) is 7.19. The van der Waals surface area contributed by atoms with Crippen molar-refractivity contribution in [3.05, 3.63) is 29.6 Å². The topological polar surface area (TPSA) is 58.4 Å². The van der Waals surface area contributed by atoms with Gasteiger partial charge in [-0.25, -0.2) is 4.39 Å². The molecule has 1 fully saturated rings. The quantitative estimate of drug-likeness (QED) is 0.836. The number of anilines is 1. The van der Waals surface area contributed by atoms with Crippen LogP contribution in [0.3, 0.4) is 0 Å². The minimum atomic E-state index is -0.602. The van der Waals surface area contributed by atoms with Gasteiger partial charge in [-0.1, -0.05) is 6.92 Å². The van der Waals surface area contributed by atoms with Crippen LogP contribution in [0.15, 0.2) is 18.2 Å². The lowest BCUT2D eigenvalue weighted by molar-refractivity contribution is 0.1000. The van der Waals surface area contributed by atoms with E-state index in [9.17, 15) is 9.18 Å². The summed E-state index contributed by atoms with van der Waals surface area (Å²) in [6.07, 6.45) is 3.25. The molecule has 0 aliphatic carbocycles. The number of nitrogens with two attached hydrogens (primary N) is 1. The van der Waals surface area contributed by atoms with Crippen molar-refractivity contribution < 1.29 is 9.18 Å². The van der Waals surface area contributed by atoms with Crippen molar-refractivity contribution in [2.45, 2.75) is 32.2 Å². The standard InChI is InChI=1S/C15H22FN3O/c1-2-8-19(10-12-4-3-7-18-12)14-6-5-11(15(17)20)9-13(14)16/h5-6,9,12,18H,2-4,7-8,10H2,1H3,(H2,17,20). The molecule has 3 N–H and O–H groups in total. The Morgan fingerprint density at radius 1 is 1.55 bits per heavy atom. The summed E-state index contributed by atoms with van der Waals surface area (Å²) in [5, 5.41) is 3.43. The van der Waals surface area contributed by atoms with Gasteiger partial charge < -0.3 is 16.0 Å². The lowest BCUT2D eigenvalue weighted by Crippen LogP contribution is -2.38. The van der Waals surface area contributed by atoms with Crippen LogP contribution in [0.1, 0.15) is 36.5 Å². The van der Waals surface area contributed by atoms with Crippen molar-refractivity contribution in [2.24, 2.45) is 5.73 Å². The third-order valence-corrected chi connectivity index (χ3v) is 3.67. The van der Waals surface area contributed by atoms with Gasteiger partial charge in [-0.15, -0.1) is 0 Å². The van der Waals surface area contributed by atoms with Gasteiger partial charge in [0.1, 0.15) is 5.82 Å². The molecule has 20 heavy (non-hydrogen) atoms. The number of hydrogen-bond donors (Lipinski definition) is 2. The average Bonchev–Trinajstić information content (AvgIpc) is 2.91. The van der Waals surface area contributed by atoms with E-state index in [-0.39, 0.29) is 11.4 Å². The molecule has 1 amide bonds. The van der Waals surface area contributed by atoms with Crippen LogP contribution in [0.4, 0.5) is 10.1 Å². The Morgan fingerprint density at radius 2 is 2.35 bits per heavy atom. The minimum Gasteiger partial charge on any atom is -0.368 e. The zero-order valence-corrected chi connectivity index (χ0v) is 11.9. The normalized spacial score (nSPS) is 18.2. The highest BCUT2D eigenvalue weighted by Gasteiger charge is 2.20. The molecule has 110 valence electrons. The number of amides is 1. The maximum atomic E-state index is 14.2. The fraction of sp³-hybridized carbons (Fsp3) is 0.533. The molecule has 1 atom stereocenters. The van der Waals surface area contributed by atoms with E-state index in [1.54, 1.807) is 12.1 Å². The predicted octanol–water partition coefficient (Wildman–Crippen LogP) is 1.89. The van der Waals surface area contributed by atoms with Crippen LogP contribution in [0.5, 0.6) is 0 Å². The predicted molar refractivity (Wildman–Crippen MR) is 78.4 cm³/mol. The number of nitrogens with zero attached hydrogens (tertiary/aromatic N) is 1. The molecule has 1 aromatic rings. The molecule has 1 aliphatic heterocycles. The lowest BCUT2D eigenvalue weighted by Gasteiger charge is -2.28. The van der Waals surface area contributed by atoms with Gasteiger partial charge in [0.15, 0.2) is 0 Å². The Kier molecular flexibility index (Phi) is 4.95. The second-order valence-corrected chi connectivity index (χ2v) is 5.27. The molecule has 0 bridgehead atoms. The summed E-state index contributed by atoms with van der Waals surface area (Å²) in [6.45, 7) is 4.70. The van der Waals surface area contributed by atoms with Crippen LogP contribution in [-0.2, 0) is 0 Å². The number of nitrogens with one attached hydrogen (secondary N) is 1. The van der Waals surface area contributed by atoms with Crippen molar-refractivity contribution in [3.8, 4) is 0 Å². The van der Waals surface area contributed by atoms with E-state index in [2.05, 4.69) is 12.2 Å². The monoisotopic (exact) mass is 279 g/mol. The summed E-state index contributed by atoms with van der Waals surface area (Å²) in [4.78, 5) is 13.1. The van der Waals surface area contributed by atoms with E-state index in [1.165, 1.54) is 12.5 Å². The van der Waals surface area contributed by atoms with E-state index < -0.39 is 5.91 Å². The Hall–Kier alpha value is -1.62. The van der Waals surface area contributed by atoms with Crippen molar-refractivity contribution >= 4 is 11.6 Å². The molecular formula is C15H22FN3O. The maximum absolute atomic E-state index is 14.2. The lowest BCUT2D eigenvalue weighted by atomic mass is 10.1. The van der Waals surface area contributed by atoms with Crippen LogP contribution in [-0.4, -0.2) is 31.6 Å². The van der Waals surface area contributed by atoms with Gasteiger partial charge in [0.25, 0.3) is 0 Å². The van der Waals surface area contributed by atoms with Crippen molar-refractivity contribution in [1.29, 1.82) is 0 Å². The number of carbonyl (C=O) groups is 1. The summed E-state index contributed by atoms with van der Waals surface area (Å²) >= 11 is 0. The van der Waals surface area contributed by atoms with Gasteiger partial charge in [0.05, 0.1) is 5.69 Å². The summed E-state index contributed by atoms with van der Waals surface area (Å²) < 4.78 is 14.2. The van der Waals surface area contributed by atoms with Crippen molar-refractivity contribution in [1.82, 2.24) is 5.32 Å². The number of rotatable bonds is 6. The Bertz CT molecular complexity index is 472. The molecule has 1 aromatic carbocycles. The van der Waals surface area contributed by atoms with Gasteiger partial charge >= 0.3 is 0 Å². The number of halogens is 1. The van der Waals surface area contributed by atoms with Crippen LogP contribution in [0.25, 0.3) is 0 Å². The molecule has 5 heteroatoms. The molecule has 1 saturated heterocycles. The molecule has 0 saturated carbocycles. The Morgan fingerprint density at radius 3 is 2.90 bits per heavy atom. The highest BCUT2D eigenvalue weighted by Crippen LogP contribution is 2.22. The highest BCUT2D eigenvalue weighted by molar-refractivity contribution is 5.93. The summed E-state index contributed by atoms with van der Waals surface area (Å²) in [6, 6.07) is 4.88. The summed E-state index contributed by atoms with van der Waals surface area (Å²) in [5.74, 6) is -0.984.